The Morgan fingerprint density at radius 2 is 1.76 bits per heavy atom. The van der Waals surface area contributed by atoms with Crippen LogP contribution in [0.4, 0.5) is 5.13 Å². The number of benzene rings is 2. The molecule has 14 nitrogen and oxygen atoms in total. The number of hydrogen-bond donors (Lipinski definition) is 5. The van der Waals surface area contributed by atoms with Crippen molar-refractivity contribution in [3.05, 3.63) is 70.2 Å². The number of nitrogens with one attached hydrogen (secondary N) is 3. The lowest BCUT2D eigenvalue weighted by Gasteiger charge is -2.31. The number of hydrogen-bond acceptors (Lipinski definition) is 10. The van der Waals surface area contributed by atoms with E-state index in [9.17, 15) is 28.0 Å². The maximum absolute atomic E-state index is 14.1. The maximum atomic E-state index is 14.1. The Labute approximate surface area is 323 Å². The van der Waals surface area contributed by atoms with E-state index in [1.807, 2.05) is 30.3 Å². The second-order valence-corrected chi connectivity index (χ2v) is 16.3. The summed E-state index contributed by atoms with van der Waals surface area (Å²) in [5, 5.41) is 19.0. The molecule has 296 valence electrons. The molecule has 0 aliphatic rings. The highest BCUT2D eigenvalue weighted by Gasteiger charge is 2.34. The number of ether oxygens (including phenoxy) is 1. The van der Waals surface area contributed by atoms with Crippen LogP contribution in [0.2, 0.25) is 0 Å². The number of rotatable bonds is 22. The van der Waals surface area contributed by atoms with E-state index in [0.717, 1.165) is 12.0 Å². The summed E-state index contributed by atoms with van der Waals surface area (Å²) in [6.07, 6.45) is 5.79. The molecule has 16 heteroatoms. The van der Waals surface area contributed by atoms with Gasteiger partial charge in [0.25, 0.3) is 10.0 Å². The topological polar surface area (TPSA) is 205 Å². The van der Waals surface area contributed by atoms with Gasteiger partial charge in [0.15, 0.2) is 5.13 Å². The molecule has 6 N–H and O–H groups in total. The Hall–Kier alpha value is -4.54. The van der Waals surface area contributed by atoms with E-state index in [-0.39, 0.29) is 30.2 Å². The molecule has 0 saturated heterocycles. The molecule has 0 spiro atoms. The van der Waals surface area contributed by atoms with Crippen molar-refractivity contribution < 1.29 is 32.7 Å². The number of carbonyl (C=O) groups is 3. The molecule has 1 aromatic heterocycles. The minimum Gasteiger partial charge on any atom is -0.496 e. The minimum atomic E-state index is -4.08. The van der Waals surface area contributed by atoms with E-state index in [4.69, 9.17) is 10.5 Å². The van der Waals surface area contributed by atoms with Crippen LogP contribution in [0.5, 0.6) is 5.75 Å². The number of hydroxylamine groups is 2. The van der Waals surface area contributed by atoms with Crippen LogP contribution < -0.4 is 25.8 Å². The molecule has 3 aromatic rings. The molecule has 0 aliphatic heterocycles. The monoisotopic (exact) mass is 785 g/mol. The van der Waals surface area contributed by atoms with Crippen molar-refractivity contribution in [2.75, 3.05) is 19.0 Å². The average molecular weight is 786 g/mol. The summed E-state index contributed by atoms with van der Waals surface area (Å²) in [6.45, 7) is 9.33. The molecule has 0 saturated carbocycles. The predicted molar refractivity (Wildman–Crippen MR) is 211 cm³/mol. The van der Waals surface area contributed by atoms with E-state index >= 15 is 0 Å². The van der Waals surface area contributed by atoms with Crippen LogP contribution >= 0.6 is 11.3 Å². The van der Waals surface area contributed by atoms with Gasteiger partial charge in [0, 0.05) is 18.1 Å². The Morgan fingerprint density at radius 3 is 2.39 bits per heavy atom. The SMILES string of the molecule is COc1cc(C)c(S(=O)(=O)NC(N)=NCCC[C@H](NC(=O)[C@H](CCCc2ccccc2)[C@H](CCCC(C)C)N(O)C=O)C(=O)Nc2nccs2)c(C)c1C. The smallest absolute Gasteiger partial charge is 0.264 e. The highest BCUT2D eigenvalue weighted by Crippen LogP contribution is 2.30. The summed E-state index contributed by atoms with van der Waals surface area (Å²) >= 11 is 1.22. The molecule has 0 fully saturated rings. The molecule has 1 heterocycles. The van der Waals surface area contributed by atoms with E-state index in [1.54, 1.807) is 38.4 Å². The van der Waals surface area contributed by atoms with Gasteiger partial charge >= 0.3 is 0 Å². The van der Waals surface area contributed by atoms with E-state index in [1.165, 1.54) is 18.4 Å². The summed E-state index contributed by atoms with van der Waals surface area (Å²) in [5.41, 5.74) is 8.81. The third-order valence-electron chi connectivity index (χ3n) is 9.29. The zero-order chi connectivity index (χ0) is 39.8. The van der Waals surface area contributed by atoms with Crippen LogP contribution in [-0.4, -0.2) is 73.6 Å². The molecule has 0 radical (unpaired) electrons. The van der Waals surface area contributed by atoms with Crippen LogP contribution in [0, 0.1) is 32.6 Å². The van der Waals surface area contributed by atoms with E-state index < -0.39 is 39.8 Å². The lowest BCUT2D eigenvalue weighted by molar-refractivity contribution is -0.169. The first kappa shape index (κ1) is 43.9. The average Bonchev–Trinajstić information content (AvgIpc) is 3.64. The fraction of sp³-hybridized carbons (Fsp3) is 0.500. The highest BCUT2D eigenvalue weighted by atomic mass is 32.2. The number of nitrogens with two attached hydrogens (primary N) is 1. The van der Waals surface area contributed by atoms with Crippen LogP contribution in [0.15, 0.2) is 57.9 Å². The minimum absolute atomic E-state index is 0.0404. The van der Waals surface area contributed by atoms with Gasteiger partial charge in [-0.25, -0.2) is 23.2 Å². The quantitative estimate of drug-likeness (QED) is 0.0225. The number of anilines is 1. The third-order valence-corrected chi connectivity index (χ3v) is 11.6. The zero-order valence-electron chi connectivity index (χ0n) is 32.0. The van der Waals surface area contributed by atoms with Gasteiger partial charge in [-0.1, -0.05) is 57.0 Å². The first-order valence-electron chi connectivity index (χ1n) is 18.1. The highest BCUT2D eigenvalue weighted by molar-refractivity contribution is 7.90. The van der Waals surface area contributed by atoms with Gasteiger partial charge in [-0.2, -0.15) is 0 Å². The van der Waals surface area contributed by atoms with Crippen molar-refractivity contribution in [1.29, 1.82) is 0 Å². The first-order chi connectivity index (χ1) is 25.7. The fourth-order valence-corrected chi connectivity index (χ4v) is 8.40. The van der Waals surface area contributed by atoms with Crippen LogP contribution in [-0.2, 0) is 30.8 Å². The molecular formula is C38H55N7O7S2. The summed E-state index contributed by atoms with van der Waals surface area (Å²) in [5.74, 6) is -1.16. The molecule has 3 atom stereocenters. The van der Waals surface area contributed by atoms with Gasteiger partial charge in [0.2, 0.25) is 24.2 Å². The molecule has 54 heavy (non-hydrogen) atoms. The standard InChI is InChI=1S/C38H55N7O7S2/c1-25(2)13-10-19-32(45(49)24-46)30(17-11-16-29-14-8-7-9-15-29)35(47)42-31(36(48)43-38-41-21-22-53-38)18-12-20-40-37(39)44-54(50,51)34-26(3)23-33(52-6)27(4)28(34)5/h7-9,14-15,21-25,30-32,49H,10-13,16-20H2,1-6H3,(H,42,47)(H3,39,40,44)(H,41,43,48)/t30-,31+,32+/m1/s1. The molecule has 0 aliphatic carbocycles. The number of guanidine groups is 1. The van der Waals surface area contributed by atoms with Gasteiger partial charge in [0.1, 0.15) is 11.8 Å². The summed E-state index contributed by atoms with van der Waals surface area (Å²) in [4.78, 5) is 47.9. The van der Waals surface area contributed by atoms with Gasteiger partial charge in [-0.3, -0.25) is 24.6 Å². The third kappa shape index (κ3) is 13.1. The molecule has 0 unspecified atom stereocenters. The molecular weight excluding hydrogens is 731 g/mol. The van der Waals surface area contributed by atoms with Crippen molar-refractivity contribution in [3.8, 4) is 5.75 Å². The Bertz CT molecular complexity index is 1800. The van der Waals surface area contributed by atoms with Crippen LogP contribution in [0.3, 0.4) is 0 Å². The molecule has 0 bridgehead atoms. The second kappa shape index (κ2) is 21.4. The number of sulfonamides is 1. The van der Waals surface area contributed by atoms with E-state index in [0.29, 0.717) is 77.1 Å². The maximum Gasteiger partial charge on any atom is 0.264 e. The predicted octanol–water partition coefficient (Wildman–Crippen LogP) is 5.26. The zero-order valence-corrected chi connectivity index (χ0v) is 33.6. The normalized spacial score (nSPS) is 13.5. The van der Waals surface area contributed by atoms with Crippen molar-refractivity contribution >= 4 is 50.7 Å². The fourth-order valence-electron chi connectivity index (χ4n) is 6.39. The van der Waals surface area contributed by atoms with Gasteiger partial charge in [-0.05, 0) is 93.5 Å². The summed E-state index contributed by atoms with van der Waals surface area (Å²) < 4.78 is 34.3. The lowest BCUT2D eigenvalue weighted by atomic mass is 9.87. The number of aryl methyl sites for hydroxylation is 2. The van der Waals surface area contributed by atoms with Crippen molar-refractivity contribution in [3.63, 3.8) is 0 Å². The molecule has 2 aromatic carbocycles. The van der Waals surface area contributed by atoms with Crippen molar-refractivity contribution in [2.24, 2.45) is 22.6 Å². The van der Waals surface area contributed by atoms with Crippen LogP contribution in [0.25, 0.3) is 0 Å². The largest absolute Gasteiger partial charge is 0.496 e. The Morgan fingerprint density at radius 1 is 1.04 bits per heavy atom. The van der Waals surface area contributed by atoms with Gasteiger partial charge in [-0.15, -0.1) is 11.3 Å². The number of nitrogens with zero attached hydrogens (tertiary/aromatic N) is 3. The second-order valence-electron chi connectivity index (χ2n) is 13.7. The Kier molecular flexibility index (Phi) is 17.4. The number of carbonyl (C=O) groups excluding carboxylic acids is 3. The summed E-state index contributed by atoms with van der Waals surface area (Å²) in [6, 6.07) is 9.61. The lowest BCUT2D eigenvalue weighted by Crippen LogP contribution is -2.51. The number of thiazole rings is 1. The number of aliphatic imine (C=N–C) groups is 1. The first-order valence-corrected chi connectivity index (χ1v) is 20.5. The number of amides is 3. The van der Waals surface area contributed by atoms with Crippen molar-refractivity contribution in [1.82, 2.24) is 20.1 Å². The Balaban J connectivity index is 1.79. The molecule has 3 rings (SSSR count). The van der Waals surface area contributed by atoms with Gasteiger partial charge in [0.05, 0.1) is 24.0 Å². The summed E-state index contributed by atoms with van der Waals surface area (Å²) in [7, 11) is -2.56. The van der Waals surface area contributed by atoms with Crippen LogP contribution in [0.1, 0.15) is 81.0 Å². The number of aromatic nitrogens is 1. The van der Waals surface area contributed by atoms with E-state index in [2.05, 4.69) is 39.2 Å². The van der Waals surface area contributed by atoms with Gasteiger partial charge < -0.3 is 21.1 Å². The van der Waals surface area contributed by atoms with Crippen molar-refractivity contribution in [2.45, 2.75) is 103 Å². The molecule has 3 amide bonds. The number of methoxy groups -OCH3 is 1.